The van der Waals surface area contributed by atoms with E-state index in [1.165, 1.54) is 0 Å². The Bertz CT molecular complexity index is 511. The summed E-state index contributed by atoms with van der Waals surface area (Å²) >= 11 is 0. The smallest absolute Gasteiger partial charge is 0.246 e. The second-order valence-corrected chi connectivity index (χ2v) is 5.69. The van der Waals surface area contributed by atoms with Gasteiger partial charge in [-0.25, -0.2) is 0 Å². The minimum atomic E-state index is -0.468. The van der Waals surface area contributed by atoms with Gasteiger partial charge in [0.15, 0.2) is 0 Å². The SMILES string of the molecule is CC(C)C1NC(=O)CC(C)N(Cc2cn(C)nn2)C1=O. The Labute approximate surface area is 118 Å². The second-order valence-electron chi connectivity index (χ2n) is 5.69. The van der Waals surface area contributed by atoms with Crippen LogP contribution in [0, 0.1) is 5.92 Å². The molecule has 2 unspecified atom stereocenters. The Morgan fingerprint density at radius 2 is 2.15 bits per heavy atom. The third-order valence-electron chi connectivity index (χ3n) is 3.53. The van der Waals surface area contributed by atoms with E-state index in [4.69, 9.17) is 0 Å². The molecular formula is C13H21N5O2. The first-order valence-electron chi connectivity index (χ1n) is 6.83. The predicted octanol–water partition coefficient (Wildman–Crippen LogP) is 0.0767. The van der Waals surface area contributed by atoms with Gasteiger partial charge in [-0.3, -0.25) is 14.3 Å². The molecule has 0 spiro atoms. The van der Waals surface area contributed by atoms with E-state index in [1.807, 2.05) is 20.8 Å². The molecule has 1 aliphatic rings. The number of hydrogen-bond acceptors (Lipinski definition) is 4. The molecular weight excluding hydrogens is 258 g/mol. The Hall–Kier alpha value is -1.92. The van der Waals surface area contributed by atoms with Crippen LogP contribution >= 0.6 is 0 Å². The summed E-state index contributed by atoms with van der Waals surface area (Å²) in [5, 5.41) is 10.7. The summed E-state index contributed by atoms with van der Waals surface area (Å²) < 4.78 is 1.60. The van der Waals surface area contributed by atoms with Crippen LogP contribution in [0.15, 0.2) is 6.20 Å². The fourth-order valence-electron chi connectivity index (χ4n) is 2.40. The van der Waals surface area contributed by atoms with Crippen molar-refractivity contribution in [3.8, 4) is 0 Å². The molecule has 0 bridgehead atoms. The Kier molecular flexibility index (Phi) is 4.06. The van der Waals surface area contributed by atoms with Crippen molar-refractivity contribution in [1.82, 2.24) is 25.2 Å². The van der Waals surface area contributed by atoms with Crippen molar-refractivity contribution in [2.45, 2.75) is 45.8 Å². The summed E-state index contributed by atoms with van der Waals surface area (Å²) in [7, 11) is 1.78. The molecule has 0 saturated carbocycles. The first kappa shape index (κ1) is 14.5. The molecule has 0 aromatic carbocycles. The lowest BCUT2D eigenvalue weighted by atomic mass is 10.0. The Morgan fingerprint density at radius 1 is 1.45 bits per heavy atom. The van der Waals surface area contributed by atoms with Crippen molar-refractivity contribution in [3.63, 3.8) is 0 Å². The maximum atomic E-state index is 12.6. The average molecular weight is 279 g/mol. The zero-order chi connectivity index (χ0) is 14.9. The van der Waals surface area contributed by atoms with Crippen molar-refractivity contribution in [1.29, 1.82) is 0 Å². The fraction of sp³-hybridized carbons (Fsp3) is 0.692. The molecule has 1 N–H and O–H groups in total. The van der Waals surface area contributed by atoms with Gasteiger partial charge in [0.2, 0.25) is 11.8 Å². The third kappa shape index (κ3) is 2.97. The molecule has 0 radical (unpaired) electrons. The molecule has 1 fully saturated rings. The highest BCUT2D eigenvalue weighted by molar-refractivity contribution is 5.90. The molecule has 2 rings (SSSR count). The molecule has 2 amide bonds. The van der Waals surface area contributed by atoms with E-state index in [1.54, 1.807) is 22.8 Å². The quantitative estimate of drug-likeness (QED) is 0.849. The lowest BCUT2D eigenvalue weighted by Gasteiger charge is -2.29. The number of carbonyl (C=O) groups excluding carboxylic acids is 2. The normalized spacial score (nSPS) is 23.9. The molecule has 7 nitrogen and oxygen atoms in total. The van der Waals surface area contributed by atoms with Gasteiger partial charge in [0.05, 0.1) is 6.54 Å². The number of aromatic nitrogens is 3. The van der Waals surface area contributed by atoms with Gasteiger partial charge in [0, 0.05) is 25.7 Å². The van der Waals surface area contributed by atoms with Gasteiger partial charge in [0.1, 0.15) is 11.7 Å². The van der Waals surface area contributed by atoms with Crippen LogP contribution in [0.25, 0.3) is 0 Å². The summed E-state index contributed by atoms with van der Waals surface area (Å²) in [5.41, 5.74) is 0.726. The van der Waals surface area contributed by atoms with E-state index in [9.17, 15) is 9.59 Å². The zero-order valence-corrected chi connectivity index (χ0v) is 12.3. The van der Waals surface area contributed by atoms with E-state index in [0.29, 0.717) is 13.0 Å². The highest BCUT2D eigenvalue weighted by Gasteiger charge is 2.35. The molecule has 0 aliphatic carbocycles. The second kappa shape index (κ2) is 5.60. The standard InChI is InChI=1S/C13H21N5O2/c1-8(2)12-13(20)18(9(3)5-11(19)14-12)7-10-6-17(4)16-15-10/h6,8-9,12H,5,7H2,1-4H3,(H,14,19). The minimum Gasteiger partial charge on any atom is -0.344 e. The van der Waals surface area contributed by atoms with Gasteiger partial charge >= 0.3 is 0 Å². The van der Waals surface area contributed by atoms with Gasteiger partial charge in [-0.05, 0) is 12.8 Å². The first-order chi connectivity index (χ1) is 9.38. The molecule has 1 aromatic rings. The Morgan fingerprint density at radius 3 is 2.70 bits per heavy atom. The van der Waals surface area contributed by atoms with Crippen molar-refractivity contribution in [3.05, 3.63) is 11.9 Å². The third-order valence-corrected chi connectivity index (χ3v) is 3.53. The van der Waals surface area contributed by atoms with Crippen LogP contribution in [0.4, 0.5) is 0 Å². The van der Waals surface area contributed by atoms with Gasteiger partial charge in [-0.15, -0.1) is 5.10 Å². The van der Waals surface area contributed by atoms with Crippen LogP contribution in [0.3, 0.4) is 0 Å². The summed E-state index contributed by atoms with van der Waals surface area (Å²) in [6.45, 7) is 6.13. The summed E-state index contributed by atoms with van der Waals surface area (Å²) in [5.74, 6) is -0.0729. The van der Waals surface area contributed by atoms with Crippen LogP contribution in [-0.2, 0) is 23.2 Å². The van der Waals surface area contributed by atoms with Crippen LogP contribution in [0.5, 0.6) is 0 Å². The van der Waals surface area contributed by atoms with Crippen molar-refractivity contribution < 1.29 is 9.59 Å². The number of nitrogens with one attached hydrogen (secondary N) is 1. The highest BCUT2D eigenvalue weighted by atomic mass is 16.2. The Balaban J connectivity index is 2.23. The number of nitrogens with zero attached hydrogens (tertiary/aromatic N) is 4. The fourth-order valence-corrected chi connectivity index (χ4v) is 2.40. The molecule has 1 aliphatic heterocycles. The number of hydrogen-bond donors (Lipinski definition) is 1. The van der Waals surface area contributed by atoms with Gasteiger partial charge in [0.25, 0.3) is 0 Å². The van der Waals surface area contributed by atoms with E-state index in [-0.39, 0.29) is 23.8 Å². The number of rotatable bonds is 3. The van der Waals surface area contributed by atoms with Crippen LogP contribution < -0.4 is 5.32 Å². The monoisotopic (exact) mass is 279 g/mol. The van der Waals surface area contributed by atoms with E-state index >= 15 is 0 Å². The molecule has 2 atom stereocenters. The molecule has 1 aromatic heterocycles. The van der Waals surface area contributed by atoms with Gasteiger partial charge in [-0.2, -0.15) is 0 Å². The molecule has 2 heterocycles. The summed E-state index contributed by atoms with van der Waals surface area (Å²) in [4.78, 5) is 26.2. The largest absolute Gasteiger partial charge is 0.344 e. The van der Waals surface area contributed by atoms with Crippen molar-refractivity contribution in [2.24, 2.45) is 13.0 Å². The summed E-state index contributed by atoms with van der Waals surface area (Å²) in [6.07, 6.45) is 2.10. The van der Waals surface area contributed by atoms with Crippen LogP contribution in [-0.4, -0.2) is 43.8 Å². The van der Waals surface area contributed by atoms with Crippen molar-refractivity contribution >= 4 is 11.8 Å². The minimum absolute atomic E-state index is 0.0518. The van der Waals surface area contributed by atoms with E-state index < -0.39 is 6.04 Å². The van der Waals surface area contributed by atoms with Crippen LogP contribution in [0.2, 0.25) is 0 Å². The lowest BCUT2D eigenvalue weighted by Crippen LogP contribution is -2.48. The lowest BCUT2D eigenvalue weighted by molar-refractivity contribution is -0.136. The molecule has 7 heteroatoms. The number of aryl methyl sites for hydroxylation is 1. The first-order valence-corrected chi connectivity index (χ1v) is 6.83. The highest BCUT2D eigenvalue weighted by Crippen LogP contribution is 2.17. The number of amides is 2. The van der Waals surface area contributed by atoms with E-state index in [0.717, 1.165) is 5.69 Å². The maximum Gasteiger partial charge on any atom is 0.246 e. The van der Waals surface area contributed by atoms with Crippen molar-refractivity contribution in [2.75, 3.05) is 0 Å². The van der Waals surface area contributed by atoms with E-state index in [2.05, 4.69) is 15.6 Å². The van der Waals surface area contributed by atoms with Gasteiger partial charge in [-0.1, -0.05) is 19.1 Å². The molecule has 20 heavy (non-hydrogen) atoms. The topological polar surface area (TPSA) is 80.1 Å². The van der Waals surface area contributed by atoms with Gasteiger partial charge < -0.3 is 10.2 Å². The molecule has 110 valence electrons. The average Bonchev–Trinajstić information content (AvgIpc) is 2.73. The zero-order valence-electron chi connectivity index (χ0n) is 12.3. The maximum absolute atomic E-state index is 12.6. The number of carbonyl (C=O) groups is 2. The predicted molar refractivity (Wildman–Crippen MR) is 72.4 cm³/mol. The summed E-state index contributed by atoms with van der Waals surface area (Å²) in [6, 6.07) is -0.614. The van der Waals surface area contributed by atoms with Crippen LogP contribution in [0.1, 0.15) is 32.9 Å². The molecule has 1 saturated heterocycles.